The molecule has 0 unspecified atom stereocenters. The average molecular weight is 234 g/mol. The number of carbonyl (C=O) groups is 1. The Bertz CT molecular complexity index is 368. The Morgan fingerprint density at radius 3 is 2.24 bits per heavy atom. The zero-order valence-electron chi connectivity index (χ0n) is 11.1. The Hall–Kier alpha value is -1.35. The number of benzene rings is 1. The first-order valence-corrected chi connectivity index (χ1v) is 6.00. The summed E-state index contributed by atoms with van der Waals surface area (Å²) >= 11 is 0. The molecule has 1 aromatic rings. The van der Waals surface area contributed by atoms with E-state index >= 15 is 0 Å². The summed E-state index contributed by atoms with van der Waals surface area (Å²) < 4.78 is 0. The van der Waals surface area contributed by atoms with Crippen LogP contribution in [0.25, 0.3) is 0 Å². The smallest absolute Gasteiger partial charge is 0.244 e. The Morgan fingerprint density at radius 1 is 1.29 bits per heavy atom. The van der Waals surface area contributed by atoms with Gasteiger partial charge in [0, 0.05) is 12.2 Å². The van der Waals surface area contributed by atoms with Gasteiger partial charge in [-0.05, 0) is 24.5 Å². The summed E-state index contributed by atoms with van der Waals surface area (Å²) in [6.45, 7) is 8.53. The maximum atomic E-state index is 12.3. The van der Waals surface area contributed by atoms with E-state index in [1.165, 1.54) is 0 Å². The Balaban J connectivity index is 2.93. The normalized spacial score (nSPS) is 13.2. The Kier molecular flexibility index (Phi) is 4.29. The molecule has 0 saturated carbocycles. The number of nitrogens with zero attached hydrogens (tertiary/aromatic N) is 1. The van der Waals surface area contributed by atoms with Gasteiger partial charge in [0.2, 0.25) is 5.91 Å². The maximum Gasteiger partial charge on any atom is 0.244 e. The predicted molar refractivity (Wildman–Crippen MR) is 71.9 cm³/mol. The third-order valence-corrected chi connectivity index (χ3v) is 2.85. The fraction of sp³-hybridized carbons (Fsp3) is 0.500. The second kappa shape index (κ2) is 5.32. The summed E-state index contributed by atoms with van der Waals surface area (Å²) in [4.78, 5) is 14.1. The number of nitrogens with two attached hydrogens (primary N) is 1. The van der Waals surface area contributed by atoms with Gasteiger partial charge in [-0.2, -0.15) is 0 Å². The maximum absolute atomic E-state index is 12.3. The van der Waals surface area contributed by atoms with Crippen molar-refractivity contribution in [2.75, 3.05) is 11.4 Å². The standard InChI is InChI=1S/C14H22N2O/c1-5-16(11-9-7-6-8-10-11)13(17)12(15)14(2,3)4/h6-10,12H,5,15H2,1-4H3/t12-/m0/s1. The van der Waals surface area contributed by atoms with E-state index in [4.69, 9.17) is 5.73 Å². The molecule has 0 aliphatic rings. The van der Waals surface area contributed by atoms with Gasteiger partial charge in [-0.15, -0.1) is 0 Å². The molecule has 0 aromatic heterocycles. The van der Waals surface area contributed by atoms with E-state index < -0.39 is 6.04 Å². The molecule has 0 fully saturated rings. The van der Waals surface area contributed by atoms with E-state index in [0.29, 0.717) is 6.54 Å². The molecule has 0 aliphatic heterocycles. The molecule has 1 aromatic carbocycles. The molecular weight excluding hydrogens is 212 g/mol. The lowest BCUT2D eigenvalue weighted by atomic mass is 9.86. The van der Waals surface area contributed by atoms with Crippen LogP contribution in [0.1, 0.15) is 27.7 Å². The highest BCUT2D eigenvalue weighted by molar-refractivity contribution is 5.97. The number of hydrogen-bond donors (Lipinski definition) is 1. The fourth-order valence-electron chi connectivity index (χ4n) is 1.61. The summed E-state index contributed by atoms with van der Waals surface area (Å²) in [5.41, 5.74) is 6.70. The van der Waals surface area contributed by atoms with Gasteiger partial charge in [0.1, 0.15) is 0 Å². The molecule has 3 nitrogen and oxygen atoms in total. The molecule has 0 spiro atoms. The van der Waals surface area contributed by atoms with Crippen LogP contribution < -0.4 is 10.6 Å². The zero-order valence-corrected chi connectivity index (χ0v) is 11.1. The monoisotopic (exact) mass is 234 g/mol. The third-order valence-electron chi connectivity index (χ3n) is 2.85. The predicted octanol–water partition coefficient (Wildman–Crippen LogP) is 2.41. The van der Waals surface area contributed by atoms with Crippen molar-refractivity contribution in [3.8, 4) is 0 Å². The fourth-order valence-corrected chi connectivity index (χ4v) is 1.61. The van der Waals surface area contributed by atoms with Gasteiger partial charge in [0.25, 0.3) is 0 Å². The summed E-state index contributed by atoms with van der Waals surface area (Å²) in [6.07, 6.45) is 0. The van der Waals surface area contributed by atoms with Gasteiger partial charge < -0.3 is 10.6 Å². The number of hydrogen-bond acceptors (Lipinski definition) is 2. The number of carbonyl (C=O) groups excluding carboxylic acids is 1. The van der Waals surface area contributed by atoms with Gasteiger partial charge in [-0.25, -0.2) is 0 Å². The first-order chi connectivity index (χ1) is 7.88. The van der Waals surface area contributed by atoms with E-state index in [2.05, 4.69) is 0 Å². The largest absolute Gasteiger partial charge is 0.319 e. The van der Waals surface area contributed by atoms with Crippen molar-refractivity contribution in [3.63, 3.8) is 0 Å². The first kappa shape index (κ1) is 13.7. The van der Waals surface area contributed by atoms with Crippen LogP contribution in [-0.4, -0.2) is 18.5 Å². The molecular formula is C14H22N2O. The van der Waals surface area contributed by atoms with Crippen LogP contribution in [0.2, 0.25) is 0 Å². The molecule has 0 saturated heterocycles. The summed E-state index contributed by atoms with van der Waals surface area (Å²) in [6, 6.07) is 9.16. The van der Waals surface area contributed by atoms with Crippen LogP contribution in [0.5, 0.6) is 0 Å². The lowest BCUT2D eigenvalue weighted by Crippen LogP contribution is -2.50. The van der Waals surface area contributed by atoms with Gasteiger partial charge in [0.05, 0.1) is 6.04 Å². The topological polar surface area (TPSA) is 46.3 Å². The van der Waals surface area contributed by atoms with Crippen molar-refractivity contribution in [2.24, 2.45) is 11.1 Å². The lowest BCUT2D eigenvalue weighted by Gasteiger charge is -2.31. The summed E-state index contributed by atoms with van der Waals surface area (Å²) in [5, 5.41) is 0. The highest BCUT2D eigenvalue weighted by Gasteiger charge is 2.30. The van der Waals surface area contributed by atoms with Crippen molar-refractivity contribution < 1.29 is 4.79 Å². The minimum absolute atomic E-state index is 0.0220. The number of amides is 1. The van der Waals surface area contributed by atoms with Crippen LogP contribution in [0.4, 0.5) is 5.69 Å². The zero-order chi connectivity index (χ0) is 13.1. The van der Waals surface area contributed by atoms with Gasteiger partial charge in [-0.1, -0.05) is 39.0 Å². The molecule has 3 heteroatoms. The van der Waals surface area contributed by atoms with Crippen molar-refractivity contribution in [2.45, 2.75) is 33.7 Å². The average Bonchev–Trinajstić information content (AvgIpc) is 2.29. The third kappa shape index (κ3) is 3.30. The van der Waals surface area contributed by atoms with Crippen LogP contribution in [0.3, 0.4) is 0 Å². The molecule has 17 heavy (non-hydrogen) atoms. The lowest BCUT2D eigenvalue weighted by molar-refractivity contribution is -0.121. The first-order valence-electron chi connectivity index (χ1n) is 6.00. The summed E-state index contributed by atoms with van der Waals surface area (Å²) in [7, 11) is 0. The molecule has 94 valence electrons. The number of likely N-dealkylation sites (N-methyl/N-ethyl adjacent to an activating group) is 1. The molecule has 1 rings (SSSR count). The van der Waals surface area contributed by atoms with Gasteiger partial charge >= 0.3 is 0 Å². The second-order valence-corrected chi connectivity index (χ2v) is 5.26. The second-order valence-electron chi connectivity index (χ2n) is 5.26. The molecule has 0 aliphatic carbocycles. The number of rotatable bonds is 3. The van der Waals surface area contributed by atoms with Crippen molar-refractivity contribution in [1.82, 2.24) is 0 Å². The quantitative estimate of drug-likeness (QED) is 0.873. The minimum atomic E-state index is -0.484. The van der Waals surface area contributed by atoms with Crippen molar-refractivity contribution in [1.29, 1.82) is 0 Å². The van der Waals surface area contributed by atoms with Crippen molar-refractivity contribution >= 4 is 11.6 Å². The van der Waals surface area contributed by atoms with Crippen molar-refractivity contribution in [3.05, 3.63) is 30.3 Å². The molecule has 1 atom stereocenters. The van der Waals surface area contributed by atoms with Crippen LogP contribution >= 0.6 is 0 Å². The minimum Gasteiger partial charge on any atom is -0.319 e. The van der Waals surface area contributed by atoms with Crippen LogP contribution in [0, 0.1) is 5.41 Å². The van der Waals surface area contributed by atoms with Crippen LogP contribution in [-0.2, 0) is 4.79 Å². The van der Waals surface area contributed by atoms with E-state index in [9.17, 15) is 4.79 Å². The summed E-state index contributed by atoms with van der Waals surface area (Å²) in [5.74, 6) is -0.0220. The highest BCUT2D eigenvalue weighted by atomic mass is 16.2. The number of para-hydroxylation sites is 1. The van der Waals surface area contributed by atoms with Crippen LogP contribution in [0.15, 0.2) is 30.3 Å². The Morgan fingerprint density at radius 2 is 1.82 bits per heavy atom. The van der Waals surface area contributed by atoms with Gasteiger partial charge in [-0.3, -0.25) is 4.79 Å². The van der Waals surface area contributed by atoms with E-state index in [0.717, 1.165) is 5.69 Å². The molecule has 2 N–H and O–H groups in total. The SMILES string of the molecule is CCN(C(=O)[C@H](N)C(C)(C)C)c1ccccc1. The molecule has 0 bridgehead atoms. The van der Waals surface area contributed by atoms with Gasteiger partial charge in [0.15, 0.2) is 0 Å². The molecule has 0 heterocycles. The number of anilines is 1. The molecule has 1 amide bonds. The van der Waals surface area contributed by atoms with E-state index in [-0.39, 0.29) is 11.3 Å². The van der Waals surface area contributed by atoms with E-state index in [1.54, 1.807) is 4.90 Å². The van der Waals surface area contributed by atoms with E-state index in [1.807, 2.05) is 58.0 Å². The molecule has 0 radical (unpaired) electrons. The Labute approximate surface area is 104 Å². The highest BCUT2D eigenvalue weighted by Crippen LogP contribution is 2.22.